The summed E-state index contributed by atoms with van der Waals surface area (Å²) in [5.41, 5.74) is 2.03. The minimum absolute atomic E-state index is 0. The number of amides is 1. The van der Waals surface area contributed by atoms with Gasteiger partial charge in [-0.3, -0.25) is 9.79 Å². The second kappa shape index (κ2) is 9.55. The molecule has 1 aliphatic heterocycles. The number of guanidine groups is 1. The molecule has 1 saturated carbocycles. The number of piperazine rings is 1. The van der Waals surface area contributed by atoms with Crippen LogP contribution in [0.4, 0.5) is 0 Å². The Kier molecular flexibility index (Phi) is 7.69. The van der Waals surface area contributed by atoms with Gasteiger partial charge in [0.2, 0.25) is 5.91 Å². The van der Waals surface area contributed by atoms with Gasteiger partial charge in [0.15, 0.2) is 5.96 Å². The monoisotopic (exact) mass is 472 g/mol. The number of carbonyl (C=O) groups is 1. The zero-order valence-corrected chi connectivity index (χ0v) is 17.8. The lowest BCUT2D eigenvalue weighted by Gasteiger charge is -2.36. The summed E-state index contributed by atoms with van der Waals surface area (Å²) >= 11 is 0. The second-order valence-electron chi connectivity index (χ2n) is 6.86. The molecule has 0 aromatic heterocycles. The van der Waals surface area contributed by atoms with E-state index < -0.39 is 6.10 Å². The first-order valence-corrected chi connectivity index (χ1v) is 9.16. The largest absolute Gasteiger partial charge is 0.386 e. The summed E-state index contributed by atoms with van der Waals surface area (Å²) in [6.45, 7) is 6.95. The Balaban J connectivity index is 0.00000243. The molecule has 1 amide bonds. The van der Waals surface area contributed by atoms with E-state index in [-0.39, 0.29) is 36.4 Å². The van der Waals surface area contributed by atoms with E-state index in [0.717, 1.165) is 38.0 Å². The maximum atomic E-state index is 12.3. The third-order valence-electron chi connectivity index (χ3n) is 4.76. The molecule has 2 N–H and O–H groups in total. The van der Waals surface area contributed by atoms with Crippen molar-refractivity contribution in [3.8, 4) is 0 Å². The van der Waals surface area contributed by atoms with Crippen molar-refractivity contribution in [1.29, 1.82) is 0 Å². The molecule has 0 radical (unpaired) electrons. The van der Waals surface area contributed by atoms with Crippen molar-refractivity contribution in [1.82, 2.24) is 15.1 Å². The number of carbonyl (C=O) groups excluding carboxylic acids is 1. The first kappa shape index (κ1) is 21.0. The molecule has 0 bridgehead atoms. The highest BCUT2D eigenvalue weighted by molar-refractivity contribution is 14.0. The number of benzene rings is 1. The van der Waals surface area contributed by atoms with Crippen molar-refractivity contribution in [3.63, 3.8) is 0 Å². The number of halogens is 1. The van der Waals surface area contributed by atoms with Crippen LogP contribution in [0.1, 0.15) is 37.0 Å². The van der Waals surface area contributed by atoms with E-state index in [1.807, 2.05) is 47.9 Å². The van der Waals surface area contributed by atoms with Crippen LogP contribution < -0.4 is 5.32 Å². The second-order valence-corrected chi connectivity index (χ2v) is 6.86. The molecule has 6 nitrogen and oxygen atoms in total. The van der Waals surface area contributed by atoms with Gasteiger partial charge >= 0.3 is 0 Å². The van der Waals surface area contributed by atoms with Crippen LogP contribution in [0.25, 0.3) is 0 Å². The Labute approximate surface area is 172 Å². The Bertz CT molecular complexity index is 631. The van der Waals surface area contributed by atoms with E-state index in [0.29, 0.717) is 18.5 Å². The minimum Gasteiger partial charge on any atom is -0.386 e. The molecule has 7 heteroatoms. The topological polar surface area (TPSA) is 68.2 Å². The Morgan fingerprint density at radius 2 is 2.00 bits per heavy atom. The molecular formula is C19H29IN4O2. The first-order chi connectivity index (χ1) is 12.1. The molecular weight excluding hydrogens is 443 g/mol. The molecule has 2 fully saturated rings. The van der Waals surface area contributed by atoms with E-state index in [4.69, 9.17) is 0 Å². The lowest BCUT2D eigenvalue weighted by molar-refractivity contribution is -0.135. The average molecular weight is 472 g/mol. The molecule has 0 spiro atoms. The van der Waals surface area contributed by atoms with Crippen molar-refractivity contribution in [2.45, 2.75) is 38.8 Å². The van der Waals surface area contributed by atoms with Crippen LogP contribution in [0.15, 0.2) is 29.3 Å². The van der Waals surface area contributed by atoms with Crippen LogP contribution in [0.3, 0.4) is 0 Å². The molecule has 1 aromatic rings. The van der Waals surface area contributed by atoms with Crippen molar-refractivity contribution >= 4 is 35.8 Å². The predicted octanol–water partition coefficient (Wildman–Crippen LogP) is 1.92. The van der Waals surface area contributed by atoms with Gasteiger partial charge in [-0.15, -0.1) is 24.0 Å². The molecule has 1 unspecified atom stereocenters. The zero-order chi connectivity index (χ0) is 17.8. The molecule has 144 valence electrons. The molecule has 2 aliphatic rings. The predicted molar refractivity (Wildman–Crippen MR) is 114 cm³/mol. The fourth-order valence-electron chi connectivity index (χ4n) is 3.13. The van der Waals surface area contributed by atoms with Gasteiger partial charge in [0.05, 0.1) is 19.2 Å². The van der Waals surface area contributed by atoms with Crippen LogP contribution in [0.5, 0.6) is 0 Å². The number of nitrogens with one attached hydrogen (secondary N) is 1. The molecule has 1 aromatic carbocycles. The number of aliphatic imine (C=N–C) groups is 1. The van der Waals surface area contributed by atoms with E-state index >= 15 is 0 Å². The van der Waals surface area contributed by atoms with Gasteiger partial charge in [-0.1, -0.05) is 29.8 Å². The Hall–Kier alpha value is -1.35. The van der Waals surface area contributed by atoms with E-state index in [1.165, 1.54) is 5.56 Å². The van der Waals surface area contributed by atoms with Crippen LogP contribution in [-0.2, 0) is 4.79 Å². The highest BCUT2D eigenvalue weighted by Gasteiger charge is 2.36. The summed E-state index contributed by atoms with van der Waals surface area (Å²) in [4.78, 5) is 20.9. The number of nitrogens with zero attached hydrogens (tertiary/aromatic N) is 3. The highest BCUT2D eigenvalue weighted by atomic mass is 127. The minimum atomic E-state index is -0.641. The fraction of sp³-hybridized carbons (Fsp3) is 0.579. The van der Waals surface area contributed by atoms with Crippen LogP contribution >= 0.6 is 24.0 Å². The quantitative estimate of drug-likeness (QED) is 0.391. The van der Waals surface area contributed by atoms with Gasteiger partial charge in [-0.05, 0) is 32.3 Å². The number of rotatable bonds is 5. The summed E-state index contributed by atoms with van der Waals surface area (Å²) < 4.78 is 0. The molecule has 1 atom stereocenters. The van der Waals surface area contributed by atoms with Gasteiger partial charge < -0.3 is 20.2 Å². The number of aliphatic hydroxyl groups excluding tert-OH is 1. The van der Waals surface area contributed by atoms with E-state index in [1.54, 1.807) is 0 Å². The lowest BCUT2D eigenvalue weighted by Crippen LogP contribution is -2.55. The SMILES string of the molecule is CCNC(=NCC(O)c1ccc(C)cc1)N1CCN(C2CC2)C(=O)C1.I. The van der Waals surface area contributed by atoms with Crippen molar-refractivity contribution in [2.24, 2.45) is 4.99 Å². The number of hydrogen-bond donors (Lipinski definition) is 2. The smallest absolute Gasteiger partial charge is 0.242 e. The van der Waals surface area contributed by atoms with Crippen molar-refractivity contribution in [3.05, 3.63) is 35.4 Å². The molecule has 26 heavy (non-hydrogen) atoms. The number of aliphatic hydroxyl groups is 1. The summed E-state index contributed by atoms with van der Waals surface area (Å²) in [6.07, 6.45) is 1.64. The summed E-state index contributed by atoms with van der Waals surface area (Å²) in [6, 6.07) is 8.31. The number of hydrogen-bond acceptors (Lipinski definition) is 3. The maximum Gasteiger partial charge on any atom is 0.242 e. The van der Waals surface area contributed by atoms with Gasteiger partial charge in [-0.2, -0.15) is 0 Å². The lowest BCUT2D eigenvalue weighted by atomic mass is 10.1. The van der Waals surface area contributed by atoms with Gasteiger partial charge in [-0.25, -0.2) is 0 Å². The van der Waals surface area contributed by atoms with Crippen LogP contribution in [0.2, 0.25) is 0 Å². The Morgan fingerprint density at radius 3 is 2.58 bits per heavy atom. The average Bonchev–Trinajstić information content (AvgIpc) is 3.43. The standard InChI is InChI=1S/C19H28N4O2.HI/c1-3-20-19(21-12-17(24)15-6-4-14(2)5-7-15)22-10-11-23(16-8-9-16)18(25)13-22;/h4-7,16-17,24H,3,8-13H2,1-2H3,(H,20,21);1H. The molecule has 1 aliphatic carbocycles. The third kappa shape index (κ3) is 5.33. The fourth-order valence-corrected chi connectivity index (χ4v) is 3.13. The van der Waals surface area contributed by atoms with Gasteiger partial charge in [0.25, 0.3) is 0 Å². The van der Waals surface area contributed by atoms with E-state index in [9.17, 15) is 9.90 Å². The summed E-state index contributed by atoms with van der Waals surface area (Å²) in [5.74, 6) is 0.885. The molecule has 3 rings (SSSR count). The van der Waals surface area contributed by atoms with Crippen molar-refractivity contribution < 1.29 is 9.90 Å². The maximum absolute atomic E-state index is 12.3. The van der Waals surface area contributed by atoms with E-state index in [2.05, 4.69) is 10.3 Å². The molecule has 1 heterocycles. The summed E-state index contributed by atoms with van der Waals surface area (Å²) in [7, 11) is 0. The Morgan fingerprint density at radius 1 is 1.31 bits per heavy atom. The molecule has 1 saturated heterocycles. The van der Waals surface area contributed by atoms with Crippen molar-refractivity contribution in [2.75, 3.05) is 32.7 Å². The third-order valence-corrected chi connectivity index (χ3v) is 4.76. The zero-order valence-electron chi connectivity index (χ0n) is 15.5. The van der Waals surface area contributed by atoms with Crippen LogP contribution in [0, 0.1) is 6.92 Å². The van der Waals surface area contributed by atoms with Crippen LogP contribution in [-0.4, -0.2) is 65.5 Å². The number of aryl methyl sites for hydroxylation is 1. The summed E-state index contributed by atoms with van der Waals surface area (Å²) in [5, 5.41) is 13.6. The van der Waals surface area contributed by atoms with Gasteiger partial charge in [0.1, 0.15) is 0 Å². The normalized spacial score (nSPS) is 19.2. The van der Waals surface area contributed by atoms with Gasteiger partial charge in [0, 0.05) is 25.7 Å². The first-order valence-electron chi connectivity index (χ1n) is 9.16. The highest BCUT2D eigenvalue weighted by Crippen LogP contribution is 2.28.